The van der Waals surface area contributed by atoms with Crippen LogP contribution in [0.15, 0.2) is 6.20 Å². The Hall–Kier alpha value is -0.940. The molecule has 0 atom stereocenters. The van der Waals surface area contributed by atoms with Crippen molar-refractivity contribution < 1.29 is 4.79 Å². The molecule has 0 fully saturated rings. The maximum atomic E-state index is 11.4. The largest absolute Gasteiger partial charge is 0.345 e. The first-order valence-electron chi connectivity index (χ1n) is 4.89. The molecule has 4 nitrogen and oxygen atoms in total. The molecule has 1 aromatic rings. The van der Waals surface area contributed by atoms with Crippen LogP contribution < -0.4 is 11.1 Å². The second kappa shape index (κ2) is 4.72. The van der Waals surface area contributed by atoms with Crippen LogP contribution in [0.25, 0.3) is 0 Å². The minimum Gasteiger partial charge on any atom is -0.345 e. The van der Waals surface area contributed by atoms with Crippen LogP contribution in [-0.2, 0) is 10.3 Å². The van der Waals surface area contributed by atoms with Crippen molar-refractivity contribution in [2.75, 3.05) is 6.54 Å². The van der Waals surface area contributed by atoms with Gasteiger partial charge in [-0.05, 0) is 20.8 Å². The molecule has 1 amide bonds. The molecule has 1 aromatic heterocycles. The fourth-order valence-electron chi connectivity index (χ4n) is 1.24. The molecule has 0 spiro atoms. The van der Waals surface area contributed by atoms with Gasteiger partial charge < -0.3 is 11.1 Å². The molecule has 3 N–H and O–H groups in total. The zero-order valence-corrected chi connectivity index (χ0v) is 10.1. The summed E-state index contributed by atoms with van der Waals surface area (Å²) in [6, 6.07) is 0. The molecule has 0 saturated carbocycles. The van der Waals surface area contributed by atoms with Crippen molar-refractivity contribution >= 4 is 17.2 Å². The van der Waals surface area contributed by atoms with E-state index in [-0.39, 0.29) is 5.91 Å². The summed E-state index contributed by atoms with van der Waals surface area (Å²) in [7, 11) is 0. The highest BCUT2D eigenvalue weighted by molar-refractivity contribution is 7.11. The Labute approximate surface area is 93.9 Å². The lowest BCUT2D eigenvalue weighted by Gasteiger charge is -2.23. The molecule has 5 heteroatoms. The zero-order chi connectivity index (χ0) is 11.5. The highest BCUT2D eigenvalue weighted by Crippen LogP contribution is 2.24. The number of carbonyl (C=O) groups is 1. The van der Waals surface area contributed by atoms with Crippen LogP contribution in [0.1, 0.15) is 30.2 Å². The Morgan fingerprint density at radius 2 is 2.33 bits per heavy atom. The number of nitrogens with two attached hydrogens (primary N) is 1. The summed E-state index contributed by atoms with van der Waals surface area (Å²) in [5.41, 5.74) is 4.91. The van der Waals surface area contributed by atoms with E-state index in [1.54, 1.807) is 11.3 Å². The predicted molar refractivity (Wildman–Crippen MR) is 61.7 cm³/mol. The number of amides is 1. The van der Waals surface area contributed by atoms with Crippen molar-refractivity contribution in [3.8, 4) is 0 Å². The third-order valence-corrected chi connectivity index (χ3v) is 3.22. The third kappa shape index (κ3) is 3.28. The molecule has 84 valence electrons. The van der Waals surface area contributed by atoms with Gasteiger partial charge in [-0.25, -0.2) is 4.98 Å². The first-order valence-corrected chi connectivity index (χ1v) is 5.71. The Morgan fingerprint density at radius 3 is 2.80 bits per heavy atom. The Kier molecular flexibility index (Phi) is 3.82. The molecule has 0 aliphatic rings. The van der Waals surface area contributed by atoms with E-state index < -0.39 is 5.54 Å². The molecule has 0 radical (unpaired) electrons. The molecule has 0 aliphatic heterocycles. The van der Waals surface area contributed by atoms with E-state index in [9.17, 15) is 4.79 Å². The summed E-state index contributed by atoms with van der Waals surface area (Å²) in [6.07, 6.45) is 2.17. The average Bonchev–Trinajstić information content (AvgIpc) is 2.51. The lowest BCUT2D eigenvalue weighted by Crippen LogP contribution is -2.41. The van der Waals surface area contributed by atoms with Crippen LogP contribution in [0.2, 0.25) is 0 Å². The Balaban J connectivity index is 2.70. The van der Waals surface area contributed by atoms with E-state index in [0.717, 1.165) is 9.88 Å². The quantitative estimate of drug-likeness (QED) is 0.811. The maximum absolute atomic E-state index is 11.4. The average molecular weight is 227 g/mol. The van der Waals surface area contributed by atoms with Crippen molar-refractivity contribution in [2.24, 2.45) is 5.73 Å². The molecule has 0 saturated heterocycles. The normalized spacial score (nSPS) is 11.5. The number of hydrogen-bond donors (Lipinski definition) is 2. The minimum atomic E-state index is -0.412. The summed E-state index contributed by atoms with van der Waals surface area (Å²) in [5.74, 6) is -0.0321. The number of thiazole rings is 1. The maximum Gasteiger partial charge on any atom is 0.222 e. The third-order valence-electron chi connectivity index (χ3n) is 1.98. The van der Waals surface area contributed by atoms with Gasteiger partial charge in [0.1, 0.15) is 5.01 Å². The number of nitrogens with zero attached hydrogens (tertiary/aromatic N) is 1. The van der Waals surface area contributed by atoms with Gasteiger partial charge in [0.15, 0.2) is 0 Å². The van der Waals surface area contributed by atoms with Crippen LogP contribution in [0.4, 0.5) is 0 Å². The SMILES string of the molecule is Cc1cnc(C(C)(C)NC(=O)CCN)s1. The second-order valence-electron chi connectivity index (χ2n) is 3.99. The van der Waals surface area contributed by atoms with E-state index in [2.05, 4.69) is 10.3 Å². The smallest absolute Gasteiger partial charge is 0.222 e. The fraction of sp³-hybridized carbons (Fsp3) is 0.600. The van der Waals surface area contributed by atoms with Gasteiger partial charge in [0, 0.05) is 24.0 Å². The van der Waals surface area contributed by atoms with Crippen LogP contribution in [-0.4, -0.2) is 17.4 Å². The number of hydrogen-bond acceptors (Lipinski definition) is 4. The van der Waals surface area contributed by atoms with Crippen molar-refractivity contribution in [3.05, 3.63) is 16.1 Å². The van der Waals surface area contributed by atoms with Crippen molar-refractivity contribution in [1.29, 1.82) is 0 Å². The molecule has 15 heavy (non-hydrogen) atoms. The van der Waals surface area contributed by atoms with E-state index in [0.29, 0.717) is 13.0 Å². The number of nitrogens with one attached hydrogen (secondary N) is 1. The molecule has 0 unspecified atom stereocenters. The monoisotopic (exact) mass is 227 g/mol. The Morgan fingerprint density at radius 1 is 1.67 bits per heavy atom. The minimum absolute atomic E-state index is 0.0321. The summed E-state index contributed by atoms with van der Waals surface area (Å²) >= 11 is 1.60. The topological polar surface area (TPSA) is 68.0 Å². The summed E-state index contributed by atoms with van der Waals surface area (Å²) in [4.78, 5) is 16.8. The van der Waals surface area contributed by atoms with Crippen LogP contribution in [0.5, 0.6) is 0 Å². The van der Waals surface area contributed by atoms with Gasteiger partial charge in [-0.2, -0.15) is 0 Å². The highest BCUT2D eigenvalue weighted by Gasteiger charge is 2.25. The highest BCUT2D eigenvalue weighted by atomic mass is 32.1. The first-order chi connectivity index (χ1) is 6.95. The number of rotatable bonds is 4. The van der Waals surface area contributed by atoms with Crippen molar-refractivity contribution in [2.45, 2.75) is 32.7 Å². The Bertz CT molecular complexity index is 346. The van der Waals surface area contributed by atoms with Gasteiger partial charge in [0.2, 0.25) is 5.91 Å². The second-order valence-corrected chi connectivity index (χ2v) is 5.22. The van der Waals surface area contributed by atoms with E-state index in [1.165, 1.54) is 0 Å². The van der Waals surface area contributed by atoms with E-state index in [1.807, 2.05) is 27.0 Å². The van der Waals surface area contributed by atoms with E-state index in [4.69, 9.17) is 5.73 Å². The molecule has 1 heterocycles. The van der Waals surface area contributed by atoms with Crippen molar-refractivity contribution in [1.82, 2.24) is 10.3 Å². The molecular formula is C10H17N3OS. The number of aromatic nitrogens is 1. The van der Waals surface area contributed by atoms with Gasteiger partial charge in [-0.1, -0.05) is 0 Å². The van der Waals surface area contributed by atoms with Gasteiger partial charge in [0.25, 0.3) is 0 Å². The summed E-state index contributed by atoms with van der Waals surface area (Å²) < 4.78 is 0. The standard InChI is InChI=1S/C10H17N3OS/c1-7-6-12-9(15-7)10(2,3)13-8(14)4-5-11/h6H,4-5,11H2,1-3H3,(H,13,14). The van der Waals surface area contributed by atoms with Gasteiger partial charge >= 0.3 is 0 Å². The number of aryl methyl sites for hydroxylation is 1. The fourth-order valence-corrected chi connectivity index (χ4v) is 2.06. The van der Waals surface area contributed by atoms with Crippen LogP contribution in [0.3, 0.4) is 0 Å². The predicted octanol–water partition coefficient (Wildman–Crippen LogP) is 1.15. The van der Waals surface area contributed by atoms with E-state index >= 15 is 0 Å². The summed E-state index contributed by atoms with van der Waals surface area (Å²) in [6.45, 7) is 6.26. The molecular weight excluding hydrogens is 210 g/mol. The lowest BCUT2D eigenvalue weighted by molar-refractivity contribution is -0.122. The lowest BCUT2D eigenvalue weighted by atomic mass is 10.1. The molecule has 0 aromatic carbocycles. The molecule has 0 aliphatic carbocycles. The zero-order valence-electron chi connectivity index (χ0n) is 9.33. The van der Waals surface area contributed by atoms with Gasteiger partial charge in [-0.3, -0.25) is 4.79 Å². The van der Waals surface area contributed by atoms with Crippen molar-refractivity contribution in [3.63, 3.8) is 0 Å². The number of carbonyl (C=O) groups excluding carboxylic acids is 1. The van der Waals surface area contributed by atoms with Gasteiger partial charge in [0.05, 0.1) is 5.54 Å². The van der Waals surface area contributed by atoms with Crippen LogP contribution >= 0.6 is 11.3 Å². The van der Waals surface area contributed by atoms with Gasteiger partial charge in [-0.15, -0.1) is 11.3 Å². The first kappa shape index (κ1) is 12.1. The summed E-state index contributed by atoms with van der Waals surface area (Å²) in [5, 5.41) is 3.84. The molecule has 0 bridgehead atoms. The van der Waals surface area contributed by atoms with Crippen LogP contribution in [0, 0.1) is 6.92 Å². The molecule has 1 rings (SSSR count).